The molecule has 1 saturated heterocycles. The summed E-state index contributed by atoms with van der Waals surface area (Å²) in [6, 6.07) is 9.09. The number of hydrogen-bond donors (Lipinski definition) is 1. The first-order chi connectivity index (χ1) is 10.9. The van der Waals surface area contributed by atoms with Gasteiger partial charge in [-0.1, -0.05) is 72.4 Å². The molecule has 1 heterocycles. The topological polar surface area (TPSA) is 15.3 Å². The molecule has 0 amide bonds. The van der Waals surface area contributed by atoms with Crippen LogP contribution in [0.25, 0.3) is 0 Å². The molecule has 0 spiro atoms. The minimum Gasteiger partial charge on any atom is -0.372 e. The molecule has 130 valence electrons. The number of nitrogens with one attached hydrogen (secondary N) is 1. The summed E-state index contributed by atoms with van der Waals surface area (Å²) < 4.78 is 0. The van der Waals surface area contributed by atoms with Gasteiger partial charge in [0, 0.05) is 19.6 Å². The maximum atomic E-state index is 4.12. The first kappa shape index (κ1) is 19.6. The predicted molar refractivity (Wildman–Crippen MR) is 103 cm³/mol. The van der Waals surface area contributed by atoms with E-state index in [9.17, 15) is 0 Å². The smallest absolute Gasteiger partial charge is 0.0938 e. The highest BCUT2D eigenvalue weighted by molar-refractivity contribution is 5.29. The van der Waals surface area contributed by atoms with E-state index in [1.54, 1.807) is 0 Å². The van der Waals surface area contributed by atoms with Gasteiger partial charge in [0.1, 0.15) is 0 Å². The number of rotatable bonds is 6. The second-order valence-electron chi connectivity index (χ2n) is 7.30. The van der Waals surface area contributed by atoms with Gasteiger partial charge in [-0.3, -0.25) is 0 Å². The fourth-order valence-corrected chi connectivity index (χ4v) is 2.80. The van der Waals surface area contributed by atoms with Crippen molar-refractivity contribution >= 4 is 0 Å². The van der Waals surface area contributed by atoms with Gasteiger partial charge >= 0.3 is 0 Å². The molecule has 1 aliphatic rings. The highest BCUT2D eigenvalue weighted by Gasteiger charge is 2.27. The number of likely N-dealkylation sites (tertiary alicyclic amines) is 1. The molecule has 2 rings (SSSR count). The van der Waals surface area contributed by atoms with Crippen molar-refractivity contribution in [3.05, 3.63) is 47.8 Å². The van der Waals surface area contributed by atoms with E-state index in [0.29, 0.717) is 0 Å². The Labute approximate surface area is 144 Å². The normalized spacial score (nSPS) is 14.6. The van der Waals surface area contributed by atoms with Crippen LogP contribution in [0.1, 0.15) is 59.1 Å². The number of nitrogens with zero attached hydrogens (tertiary/aromatic N) is 1. The molecule has 0 aliphatic carbocycles. The number of hydrogen-bond acceptors (Lipinski definition) is 2. The van der Waals surface area contributed by atoms with Crippen LogP contribution in [0.15, 0.2) is 36.7 Å². The summed E-state index contributed by atoms with van der Waals surface area (Å²) in [5.41, 5.74) is 3.14. The van der Waals surface area contributed by atoms with Crippen molar-refractivity contribution in [2.45, 2.75) is 59.8 Å². The highest BCUT2D eigenvalue weighted by Crippen LogP contribution is 2.26. The van der Waals surface area contributed by atoms with E-state index in [1.807, 2.05) is 13.8 Å². The Hall–Kier alpha value is -1.44. The van der Waals surface area contributed by atoms with Crippen molar-refractivity contribution in [3.63, 3.8) is 0 Å². The average Bonchev–Trinajstić information content (AvgIpc) is 2.49. The third kappa shape index (κ3) is 5.93. The van der Waals surface area contributed by atoms with Crippen LogP contribution in [0.3, 0.4) is 0 Å². The van der Waals surface area contributed by atoms with E-state index in [0.717, 1.165) is 37.8 Å². The van der Waals surface area contributed by atoms with Crippen molar-refractivity contribution in [1.29, 1.82) is 0 Å². The van der Waals surface area contributed by atoms with Gasteiger partial charge in [-0.15, -0.1) is 0 Å². The molecule has 0 saturated carbocycles. The predicted octanol–water partition coefficient (Wildman–Crippen LogP) is 4.96. The van der Waals surface area contributed by atoms with E-state index in [1.165, 1.54) is 17.5 Å². The molecule has 1 fully saturated rings. The molecule has 2 nitrogen and oxygen atoms in total. The lowest BCUT2D eigenvalue weighted by Gasteiger charge is -2.42. The van der Waals surface area contributed by atoms with Gasteiger partial charge in [-0.05, 0) is 35.3 Å². The highest BCUT2D eigenvalue weighted by atomic mass is 15.3. The third-order valence-corrected chi connectivity index (χ3v) is 4.24. The molecular formula is C21H36N2. The lowest BCUT2D eigenvalue weighted by molar-refractivity contribution is 0.133. The van der Waals surface area contributed by atoms with Crippen molar-refractivity contribution in [1.82, 2.24) is 10.2 Å². The van der Waals surface area contributed by atoms with Crippen LogP contribution in [-0.4, -0.2) is 24.5 Å². The molecule has 0 bridgehead atoms. The molecular weight excluding hydrogens is 280 g/mol. The van der Waals surface area contributed by atoms with Gasteiger partial charge in [0.05, 0.1) is 5.82 Å². The quantitative estimate of drug-likeness (QED) is 0.798. The fraction of sp³-hybridized carbons (Fsp3) is 0.619. The van der Waals surface area contributed by atoms with Crippen LogP contribution < -0.4 is 5.32 Å². The van der Waals surface area contributed by atoms with E-state index < -0.39 is 0 Å². The molecule has 2 heteroatoms. The summed E-state index contributed by atoms with van der Waals surface area (Å²) in [4.78, 5) is 2.36. The van der Waals surface area contributed by atoms with Crippen molar-refractivity contribution in [2.75, 3.05) is 19.6 Å². The van der Waals surface area contributed by atoms with Gasteiger partial charge in [0.25, 0.3) is 0 Å². The molecule has 23 heavy (non-hydrogen) atoms. The zero-order chi connectivity index (χ0) is 17.5. The minimum atomic E-state index is 0.236. The Morgan fingerprint density at radius 1 is 1.26 bits per heavy atom. The molecule has 0 unspecified atom stereocenters. The van der Waals surface area contributed by atoms with Crippen molar-refractivity contribution in [3.8, 4) is 0 Å². The summed E-state index contributed by atoms with van der Waals surface area (Å²) in [7, 11) is 0. The van der Waals surface area contributed by atoms with Gasteiger partial charge in [0.2, 0.25) is 0 Å². The van der Waals surface area contributed by atoms with Gasteiger partial charge in [-0.25, -0.2) is 0 Å². The monoisotopic (exact) mass is 316 g/mol. The SMILES string of the molecule is C=C(NCCC)N1CC(Cc2cccc(C(C)(C)C)c2)C1.CC. The molecule has 1 N–H and O–H groups in total. The second kappa shape index (κ2) is 9.00. The van der Waals surface area contributed by atoms with E-state index in [2.05, 4.69) is 68.8 Å². The maximum Gasteiger partial charge on any atom is 0.0938 e. The zero-order valence-electron chi connectivity index (χ0n) is 16.1. The Morgan fingerprint density at radius 3 is 2.48 bits per heavy atom. The van der Waals surface area contributed by atoms with Gasteiger partial charge in [0.15, 0.2) is 0 Å². The standard InChI is InChI=1S/C19H30N2.C2H6/c1-6-10-20-15(2)21-13-17(14-21)11-16-8-7-9-18(12-16)19(3,4)5;1-2/h7-9,12,17,20H,2,6,10-11,13-14H2,1,3-5H3;1-2H3. The number of benzene rings is 1. The Kier molecular flexibility index (Phi) is 7.67. The Balaban J connectivity index is 0.00000127. The molecule has 0 atom stereocenters. The molecule has 0 radical (unpaired) electrons. The summed E-state index contributed by atoms with van der Waals surface area (Å²) >= 11 is 0. The lowest BCUT2D eigenvalue weighted by Crippen LogP contribution is -2.49. The largest absolute Gasteiger partial charge is 0.372 e. The lowest BCUT2D eigenvalue weighted by atomic mass is 9.84. The minimum absolute atomic E-state index is 0.236. The summed E-state index contributed by atoms with van der Waals surface area (Å²) in [5.74, 6) is 1.86. The van der Waals surface area contributed by atoms with Crippen LogP contribution in [-0.2, 0) is 11.8 Å². The molecule has 0 aromatic heterocycles. The Morgan fingerprint density at radius 2 is 1.91 bits per heavy atom. The molecule has 1 aromatic carbocycles. The van der Waals surface area contributed by atoms with E-state index in [-0.39, 0.29) is 5.41 Å². The van der Waals surface area contributed by atoms with Crippen LogP contribution in [0, 0.1) is 5.92 Å². The van der Waals surface area contributed by atoms with Crippen molar-refractivity contribution in [2.24, 2.45) is 5.92 Å². The molecule has 1 aliphatic heterocycles. The van der Waals surface area contributed by atoms with E-state index in [4.69, 9.17) is 0 Å². The van der Waals surface area contributed by atoms with Crippen LogP contribution in [0.2, 0.25) is 0 Å². The van der Waals surface area contributed by atoms with E-state index >= 15 is 0 Å². The van der Waals surface area contributed by atoms with Crippen LogP contribution in [0.5, 0.6) is 0 Å². The Bertz CT molecular complexity index is 479. The van der Waals surface area contributed by atoms with Crippen LogP contribution in [0.4, 0.5) is 0 Å². The first-order valence-electron chi connectivity index (χ1n) is 9.17. The second-order valence-corrected chi connectivity index (χ2v) is 7.30. The zero-order valence-corrected chi connectivity index (χ0v) is 16.1. The fourth-order valence-electron chi connectivity index (χ4n) is 2.80. The molecule has 1 aromatic rings. The van der Waals surface area contributed by atoms with Crippen molar-refractivity contribution < 1.29 is 0 Å². The maximum absolute atomic E-state index is 4.12. The van der Waals surface area contributed by atoms with Gasteiger partial charge in [-0.2, -0.15) is 0 Å². The van der Waals surface area contributed by atoms with Crippen LogP contribution >= 0.6 is 0 Å². The first-order valence-corrected chi connectivity index (χ1v) is 9.17. The summed E-state index contributed by atoms with van der Waals surface area (Å²) in [5, 5.41) is 3.38. The summed E-state index contributed by atoms with van der Waals surface area (Å²) in [6.07, 6.45) is 2.33. The average molecular weight is 317 g/mol. The summed E-state index contributed by atoms with van der Waals surface area (Å²) in [6.45, 7) is 20.4. The van der Waals surface area contributed by atoms with Gasteiger partial charge < -0.3 is 10.2 Å². The third-order valence-electron chi connectivity index (χ3n) is 4.24.